The molecule has 0 atom stereocenters. The van der Waals surface area contributed by atoms with Gasteiger partial charge >= 0.3 is 0 Å². The maximum Gasteiger partial charge on any atom is 0.272 e. The zero-order valence-corrected chi connectivity index (χ0v) is 11.6. The van der Waals surface area contributed by atoms with E-state index in [0.29, 0.717) is 17.0 Å². The number of rotatable bonds is 3. The summed E-state index contributed by atoms with van der Waals surface area (Å²) in [6, 6.07) is 12.0. The zero-order chi connectivity index (χ0) is 13.8. The van der Waals surface area contributed by atoms with Crippen molar-refractivity contribution in [1.29, 1.82) is 0 Å². The molecule has 0 heterocycles. The number of hydrogen-bond acceptors (Lipinski definition) is 3. The third-order valence-corrected chi connectivity index (χ3v) is 2.66. The van der Waals surface area contributed by atoms with E-state index in [0.717, 1.165) is 5.01 Å². The Morgan fingerprint density at radius 2 is 1.65 bits per heavy atom. The van der Waals surface area contributed by atoms with Gasteiger partial charge < -0.3 is 4.74 Å². The highest BCUT2D eigenvalue weighted by Crippen LogP contribution is 2.16. The summed E-state index contributed by atoms with van der Waals surface area (Å²) >= 11 is 0. The molecule has 2 N–H and O–H groups in total. The van der Waals surface area contributed by atoms with E-state index >= 15 is 0 Å². The second kappa shape index (κ2) is 6.88. The number of halogens is 2. The monoisotopic (exact) mass is 296 g/mol. The molecule has 0 aliphatic carbocycles. The summed E-state index contributed by atoms with van der Waals surface area (Å²) in [5.41, 5.74) is 0.842. The maximum atomic E-state index is 12.8. The van der Waals surface area contributed by atoms with E-state index in [9.17, 15) is 9.18 Å². The van der Waals surface area contributed by atoms with Crippen LogP contribution in [-0.2, 0) is 0 Å². The first-order chi connectivity index (χ1) is 9.11. The molecule has 0 saturated heterocycles. The van der Waals surface area contributed by atoms with E-state index < -0.39 is 0 Å². The van der Waals surface area contributed by atoms with E-state index in [1.165, 1.54) is 24.3 Å². The highest BCUT2D eigenvalue weighted by molar-refractivity contribution is 6.05. The molecule has 106 valence electrons. The van der Waals surface area contributed by atoms with Gasteiger partial charge in [0.05, 0.1) is 12.8 Å². The van der Waals surface area contributed by atoms with Crippen LogP contribution in [0.1, 0.15) is 10.4 Å². The first-order valence-electron chi connectivity index (χ1n) is 5.60. The number of hydrogen-bond donors (Lipinski definition) is 1. The lowest BCUT2D eigenvalue weighted by atomic mass is 10.2. The molecular formula is C14H14ClFN2O2. The summed E-state index contributed by atoms with van der Waals surface area (Å²) in [4.78, 5) is 12.1. The van der Waals surface area contributed by atoms with Crippen molar-refractivity contribution in [1.82, 2.24) is 0 Å². The van der Waals surface area contributed by atoms with Gasteiger partial charge in [0.15, 0.2) is 0 Å². The van der Waals surface area contributed by atoms with Gasteiger partial charge in [0.2, 0.25) is 0 Å². The summed E-state index contributed by atoms with van der Waals surface area (Å²) in [6.07, 6.45) is 0. The molecule has 1 amide bonds. The molecule has 0 aliphatic rings. The molecule has 2 rings (SSSR count). The molecule has 4 nitrogen and oxygen atoms in total. The predicted molar refractivity (Wildman–Crippen MR) is 77.6 cm³/mol. The Bertz CT molecular complexity index is 573. The first-order valence-corrected chi connectivity index (χ1v) is 5.60. The topological polar surface area (TPSA) is 55.6 Å². The van der Waals surface area contributed by atoms with Gasteiger partial charge in [-0.2, -0.15) is 0 Å². The van der Waals surface area contributed by atoms with E-state index in [1.807, 2.05) is 0 Å². The summed E-state index contributed by atoms with van der Waals surface area (Å²) < 4.78 is 17.8. The third kappa shape index (κ3) is 3.46. The van der Waals surface area contributed by atoms with Gasteiger partial charge in [-0.05, 0) is 48.5 Å². The van der Waals surface area contributed by atoms with E-state index in [1.54, 1.807) is 31.4 Å². The molecule has 0 radical (unpaired) electrons. The molecule has 0 unspecified atom stereocenters. The Hall–Kier alpha value is -2.11. The lowest BCUT2D eigenvalue weighted by Gasteiger charge is -2.16. The number of hydrazine groups is 1. The zero-order valence-electron chi connectivity index (χ0n) is 10.7. The molecule has 6 heteroatoms. The fraction of sp³-hybridized carbons (Fsp3) is 0.0714. The molecule has 0 fully saturated rings. The molecule has 0 aromatic heterocycles. The van der Waals surface area contributed by atoms with Crippen molar-refractivity contribution < 1.29 is 13.9 Å². The average Bonchev–Trinajstić information content (AvgIpc) is 2.46. The summed E-state index contributed by atoms with van der Waals surface area (Å²) in [6.45, 7) is 0. The van der Waals surface area contributed by atoms with Crippen LogP contribution >= 0.6 is 12.4 Å². The van der Waals surface area contributed by atoms with Crippen LogP contribution in [0.15, 0.2) is 48.5 Å². The van der Waals surface area contributed by atoms with Crippen LogP contribution in [-0.4, -0.2) is 13.0 Å². The fourth-order valence-corrected chi connectivity index (χ4v) is 1.59. The molecule has 20 heavy (non-hydrogen) atoms. The Morgan fingerprint density at radius 1 is 1.10 bits per heavy atom. The van der Waals surface area contributed by atoms with E-state index in [2.05, 4.69) is 0 Å². The summed E-state index contributed by atoms with van der Waals surface area (Å²) in [5, 5.41) is 0.973. The highest BCUT2D eigenvalue weighted by atomic mass is 35.5. The van der Waals surface area contributed by atoms with Crippen molar-refractivity contribution in [2.75, 3.05) is 12.1 Å². The molecule has 0 saturated carbocycles. The third-order valence-electron chi connectivity index (χ3n) is 2.66. The van der Waals surface area contributed by atoms with Gasteiger partial charge in [0, 0.05) is 5.56 Å². The maximum absolute atomic E-state index is 12.8. The molecule has 2 aromatic carbocycles. The number of ether oxygens (including phenoxy) is 1. The van der Waals surface area contributed by atoms with Crippen molar-refractivity contribution in [3.8, 4) is 5.75 Å². The predicted octanol–water partition coefficient (Wildman–Crippen LogP) is 2.78. The lowest BCUT2D eigenvalue weighted by molar-refractivity contribution is 0.0987. The standard InChI is InChI=1S/C14H13FN2O2.ClH/c1-19-13-8-2-10(3-9-13)14(18)17(16)12-6-4-11(15)5-7-12;/h2-9H,16H2,1H3;1H. The molecule has 0 bridgehead atoms. The van der Waals surface area contributed by atoms with Crippen LogP contribution < -0.4 is 15.6 Å². The fourth-order valence-electron chi connectivity index (χ4n) is 1.59. The number of carbonyl (C=O) groups excluding carboxylic acids is 1. The van der Waals surface area contributed by atoms with Crippen molar-refractivity contribution in [3.63, 3.8) is 0 Å². The lowest BCUT2D eigenvalue weighted by Crippen LogP contribution is -2.37. The van der Waals surface area contributed by atoms with Gasteiger partial charge in [-0.1, -0.05) is 0 Å². The SMILES string of the molecule is COc1ccc(C(=O)N(N)c2ccc(F)cc2)cc1.Cl. The number of carbonyl (C=O) groups is 1. The van der Waals surface area contributed by atoms with Crippen LogP contribution in [0, 0.1) is 5.82 Å². The second-order valence-corrected chi connectivity index (χ2v) is 3.88. The molecule has 0 aliphatic heterocycles. The number of benzene rings is 2. The summed E-state index contributed by atoms with van der Waals surface area (Å²) in [5.74, 6) is 5.61. The Morgan fingerprint density at radius 3 is 2.15 bits per heavy atom. The Balaban J connectivity index is 0.00000200. The normalized spacial score (nSPS) is 9.55. The minimum absolute atomic E-state index is 0. The Labute approximate surface area is 122 Å². The van der Waals surface area contributed by atoms with Crippen molar-refractivity contribution in [3.05, 3.63) is 59.9 Å². The molecule has 0 spiro atoms. The van der Waals surface area contributed by atoms with Gasteiger partial charge in [0.25, 0.3) is 5.91 Å². The van der Waals surface area contributed by atoms with E-state index in [-0.39, 0.29) is 24.1 Å². The smallest absolute Gasteiger partial charge is 0.272 e. The highest BCUT2D eigenvalue weighted by Gasteiger charge is 2.14. The second-order valence-electron chi connectivity index (χ2n) is 3.88. The van der Waals surface area contributed by atoms with Crippen molar-refractivity contribution >= 4 is 24.0 Å². The molecule has 2 aromatic rings. The van der Waals surface area contributed by atoms with Gasteiger partial charge in [0.1, 0.15) is 11.6 Å². The van der Waals surface area contributed by atoms with Crippen molar-refractivity contribution in [2.45, 2.75) is 0 Å². The van der Waals surface area contributed by atoms with Crippen LogP contribution in [0.2, 0.25) is 0 Å². The van der Waals surface area contributed by atoms with Gasteiger partial charge in [-0.3, -0.25) is 4.79 Å². The summed E-state index contributed by atoms with van der Waals surface area (Å²) in [7, 11) is 1.55. The first kappa shape index (κ1) is 15.9. The van der Waals surface area contributed by atoms with Crippen LogP contribution in [0.3, 0.4) is 0 Å². The largest absolute Gasteiger partial charge is 0.497 e. The van der Waals surface area contributed by atoms with Crippen LogP contribution in [0.5, 0.6) is 5.75 Å². The minimum Gasteiger partial charge on any atom is -0.497 e. The number of methoxy groups -OCH3 is 1. The number of amides is 1. The van der Waals surface area contributed by atoms with Crippen molar-refractivity contribution in [2.24, 2.45) is 5.84 Å². The van der Waals surface area contributed by atoms with Crippen LogP contribution in [0.25, 0.3) is 0 Å². The number of nitrogens with two attached hydrogens (primary N) is 1. The number of nitrogens with zero attached hydrogens (tertiary/aromatic N) is 1. The van der Waals surface area contributed by atoms with E-state index in [4.69, 9.17) is 10.6 Å². The quantitative estimate of drug-likeness (QED) is 0.538. The minimum atomic E-state index is -0.381. The van der Waals surface area contributed by atoms with Gasteiger partial charge in [-0.25, -0.2) is 15.2 Å². The van der Waals surface area contributed by atoms with Crippen LogP contribution in [0.4, 0.5) is 10.1 Å². The Kier molecular flexibility index (Phi) is 5.49. The number of anilines is 1. The molecular weight excluding hydrogens is 283 g/mol. The average molecular weight is 297 g/mol. The van der Waals surface area contributed by atoms with Gasteiger partial charge in [-0.15, -0.1) is 12.4 Å².